The zero-order valence-corrected chi connectivity index (χ0v) is 15.6. The number of rotatable bonds is 8. The second-order valence-electron chi connectivity index (χ2n) is 7.86. The number of fused-ring (bicyclic) bond motifs is 2. The molecule has 0 aromatic carbocycles. The molecule has 3 rings (SSSR count). The van der Waals surface area contributed by atoms with Crippen molar-refractivity contribution in [3.8, 4) is 0 Å². The van der Waals surface area contributed by atoms with E-state index in [-0.39, 0.29) is 25.2 Å². The van der Waals surface area contributed by atoms with Gasteiger partial charge in [-0.1, -0.05) is 6.42 Å². The Morgan fingerprint density at radius 3 is 2.24 bits per heavy atom. The van der Waals surface area contributed by atoms with E-state index in [9.17, 15) is 9.59 Å². The number of carbonyl (C=O) groups excluding carboxylic acids is 2. The summed E-state index contributed by atoms with van der Waals surface area (Å²) in [6, 6.07) is 0. The van der Waals surface area contributed by atoms with Crippen LogP contribution in [0.5, 0.6) is 0 Å². The van der Waals surface area contributed by atoms with Gasteiger partial charge < -0.3 is 14.2 Å². The van der Waals surface area contributed by atoms with E-state index in [2.05, 4.69) is 0 Å². The molecule has 25 heavy (non-hydrogen) atoms. The van der Waals surface area contributed by atoms with Gasteiger partial charge in [-0.3, -0.25) is 9.59 Å². The van der Waals surface area contributed by atoms with E-state index in [0.29, 0.717) is 11.8 Å². The maximum Gasteiger partial charge on any atom is 0.320 e. The van der Waals surface area contributed by atoms with E-state index in [1.807, 2.05) is 0 Å². The number of hydrogen-bond acceptors (Lipinski definition) is 5. The highest BCUT2D eigenvalue weighted by Crippen LogP contribution is 2.53. The highest BCUT2D eigenvalue weighted by atomic mass is 16.6. The standard InChI is InChI=1S/C20H32O5/c1-3-23-19(21)18(20(22)24-4-2)17(12-15-6-5-9-25-15)16-11-13-7-8-14(16)10-13/h13-18H,3-12H2,1-2H3. The van der Waals surface area contributed by atoms with Crippen molar-refractivity contribution in [2.24, 2.45) is 29.6 Å². The molecule has 0 amide bonds. The van der Waals surface area contributed by atoms with E-state index < -0.39 is 17.9 Å². The van der Waals surface area contributed by atoms with E-state index in [1.54, 1.807) is 13.8 Å². The minimum Gasteiger partial charge on any atom is -0.465 e. The lowest BCUT2D eigenvalue weighted by Gasteiger charge is -2.35. The summed E-state index contributed by atoms with van der Waals surface area (Å²) in [7, 11) is 0. The lowest BCUT2D eigenvalue weighted by molar-refractivity contribution is -0.166. The first-order valence-corrected chi connectivity index (χ1v) is 10.1. The fraction of sp³-hybridized carbons (Fsp3) is 0.900. The molecule has 5 heteroatoms. The normalized spacial score (nSPS) is 32.1. The molecular weight excluding hydrogens is 320 g/mol. The van der Waals surface area contributed by atoms with Gasteiger partial charge in [0.2, 0.25) is 0 Å². The molecule has 2 saturated carbocycles. The lowest BCUT2D eigenvalue weighted by Crippen LogP contribution is -2.41. The summed E-state index contributed by atoms with van der Waals surface area (Å²) in [5.74, 6) is 0.194. The van der Waals surface area contributed by atoms with Crippen LogP contribution in [0, 0.1) is 29.6 Å². The van der Waals surface area contributed by atoms with Crippen molar-refractivity contribution in [3.05, 3.63) is 0 Å². The van der Waals surface area contributed by atoms with Crippen molar-refractivity contribution in [1.82, 2.24) is 0 Å². The Morgan fingerprint density at radius 1 is 1.04 bits per heavy atom. The van der Waals surface area contributed by atoms with Crippen LogP contribution >= 0.6 is 0 Å². The minimum atomic E-state index is -0.798. The number of carbonyl (C=O) groups is 2. The molecule has 0 aromatic rings. The van der Waals surface area contributed by atoms with E-state index in [4.69, 9.17) is 14.2 Å². The molecule has 1 aliphatic heterocycles. The minimum absolute atomic E-state index is 0.0171. The van der Waals surface area contributed by atoms with Gasteiger partial charge in [0.05, 0.1) is 19.3 Å². The first-order chi connectivity index (χ1) is 12.1. The van der Waals surface area contributed by atoms with Crippen molar-refractivity contribution in [2.45, 2.75) is 64.9 Å². The van der Waals surface area contributed by atoms with Gasteiger partial charge in [-0.2, -0.15) is 0 Å². The second-order valence-corrected chi connectivity index (χ2v) is 7.86. The summed E-state index contributed by atoms with van der Waals surface area (Å²) in [4.78, 5) is 25.3. The van der Waals surface area contributed by atoms with Gasteiger partial charge in [0.1, 0.15) is 0 Å². The molecule has 2 bridgehead atoms. The van der Waals surface area contributed by atoms with E-state index in [1.165, 1.54) is 19.3 Å². The smallest absolute Gasteiger partial charge is 0.320 e. The third-order valence-electron chi connectivity index (χ3n) is 6.41. The molecule has 0 radical (unpaired) electrons. The van der Waals surface area contributed by atoms with Crippen molar-refractivity contribution in [2.75, 3.05) is 19.8 Å². The Kier molecular flexibility index (Phi) is 6.37. The Morgan fingerprint density at radius 2 is 1.76 bits per heavy atom. The summed E-state index contributed by atoms with van der Waals surface area (Å²) in [5, 5.41) is 0. The van der Waals surface area contributed by atoms with Gasteiger partial charge >= 0.3 is 11.9 Å². The fourth-order valence-electron chi connectivity index (χ4n) is 5.42. The molecule has 0 spiro atoms. The van der Waals surface area contributed by atoms with Gasteiger partial charge in [-0.05, 0) is 76.0 Å². The topological polar surface area (TPSA) is 61.8 Å². The number of ether oxygens (including phenoxy) is 3. The van der Waals surface area contributed by atoms with Crippen molar-refractivity contribution < 1.29 is 23.8 Å². The molecule has 3 fully saturated rings. The molecule has 1 saturated heterocycles. The Hall–Kier alpha value is -1.10. The van der Waals surface area contributed by atoms with Crippen LogP contribution in [0.4, 0.5) is 0 Å². The van der Waals surface area contributed by atoms with E-state index in [0.717, 1.165) is 38.2 Å². The molecule has 5 unspecified atom stereocenters. The van der Waals surface area contributed by atoms with Gasteiger partial charge in [-0.15, -0.1) is 0 Å². The Balaban J connectivity index is 1.82. The zero-order valence-electron chi connectivity index (χ0n) is 15.6. The molecule has 142 valence electrons. The molecule has 2 aliphatic carbocycles. The second kappa shape index (κ2) is 8.52. The first kappa shape index (κ1) is 18.7. The molecule has 5 atom stereocenters. The summed E-state index contributed by atoms with van der Waals surface area (Å²) in [6.45, 7) is 4.94. The van der Waals surface area contributed by atoms with Crippen LogP contribution in [0.3, 0.4) is 0 Å². The summed E-state index contributed by atoms with van der Waals surface area (Å²) < 4.78 is 16.4. The summed E-state index contributed by atoms with van der Waals surface area (Å²) >= 11 is 0. The lowest BCUT2D eigenvalue weighted by atomic mass is 9.71. The van der Waals surface area contributed by atoms with Crippen LogP contribution in [0.15, 0.2) is 0 Å². The quantitative estimate of drug-likeness (QED) is 0.495. The van der Waals surface area contributed by atoms with Crippen LogP contribution in [0.1, 0.15) is 58.8 Å². The predicted molar refractivity (Wildman–Crippen MR) is 92.8 cm³/mol. The average Bonchev–Trinajstić information content (AvgIpc) is 3.32. The Labute approximate surface area is 150 Å². The number of hydrogen-bond donors (Lipinski definition) is 0. The highest BCUT2D eigenvalue weighted by molar-refractivity contribution is 5.95. The van der Waals surface area contributed by atoms with Gasteiger partial charge in [0, 0.05) is 6.61 Å². The molecule has 3 aliphatic rings. The van der Waals surface area contributed by atoms with Crippen LogP contribution in [0.25, 0.3) is 0 Å². The third-order valence-corrected chi connectivity index (χ3v) is 6.41. The highest BCUT2D eigenvalue weighted by Gasteiger charge is 2.50. The SMILES string of the molecule is CCOC(=O)C(C(=O)OCC)C(CC1CCCO1)C1CC2CCC1C2. The summed E-state index contributed by atoms with van der Waals surface area (Å²) in [5.41, 5.74) is 0. The first-order valence-electron chi connectivity index (χ1n) is 10.1. The van der Waals surface area contributed by atoms with Crippen molar-refractivity contribution in [3.63, 3.8) is 0 Å². The molecule has 5 nitrogen and oxygen atoms in total. The molecular formula is C20H32O5. The fourth-order valence-corrected chi connectivity index (χ4v) is 5.42. The van der Waals surface area contributed by atoms with Gasteiger partial charge in [0.15, 0.2) is 5.92 Å². The van der Waals surface area contributed by atoms with Crippen LogP contribution in [0.2, 0.25) is 0 Å². The molecule has 0 N–H and O–H groups in total. The van der Waals surface area contributed by atoms with Crippen LogP contribution < -0.4 is 0 Å². The Bertz CT molecular complexity index is 453. The van der Waals surface area contributed by atoms with Crippen LogP contribution in [-0.4, -0.2) is 37.9 Å². The maximum atomic E-state index is 12.7. The van der Waals surface area contributed by atoms with Crippen LogP contribution in [-0.2, 0) is 23.8 Å². The monoisotopic (exact) mass is 352 g/mol. The van der Waals surface area contributed by atoms with Crippen molar-refractivity contribution in [1.29, 1.82) is 0 Å². The largest absolute Gasteiger partial charge is 0.465 e. The number of esters is 2. The van der Waals surface area contributed by atoms with Gasteiger partial charge in [0.25, 0.3) is 0 Å². The zero-order chi connectivity index (χ0) is 17.8. The molecule has 1 heterocycles. The van der Waals surface area contributed by atoms with Gasteiger partial charge in [-0.25, -0.2) is 0 Å². The van der Waals surface area contributed by atoms with Crippen molar-refractivity contribution >= 4 is 11.9 Å². The van der Waals surface area contributed by atoms with E-state index >= 15 is 0 Å². The average molecular weight is 352 g/mol. The molecule has 0 aromatic heterocycles. The third kappa shape index (κ3) is 4.18. The maximum absolute atomic E-state index is 12.7. The predicted octanol–water partition coefficient (Wildman–Crippen LogP) is 3.35. The summed E-state index contributed by atoms with van der Waals surface area (Å²) in [6.07, 6.45) is 7.95.